The fourth-order valence-corrected chi connectivity index (χ4v) is 5.44. The summed E-state index contributed by atoms with van der Waals surface area (Å²) in [6.45, 7) is 4.16. The van der Waals surface area contributed by atoms with Crippen LogP contribution < -0.4 is 15.1 Å². The summed E-state index contributed by atoms with van der Waals surface area (Å²) < 4.78 is 2.16. The van der Waals surface area contributed by atoms with Crippen molar-refractivity contribution in [1.29, 1.82) is 0 Å². The molecule has 0 bridgehead atoms. The quantitative estimate of drug-likeness (QED) is 0.334. The van der Waals surface area contributed by atoms with Crippen molar-refractivity contribution in [2.24, 2.45) is 0 Å². The molecule has 3 heterocycles. The van der Waals surface area contributed by atoms with Crippen LogP contribution in [0.25, 0.3) is 5.69 Å². The molecule has 1 aliphatic heterocycles. The van der Waals surface area contributed by atoms with Crippen molar-refractivity contribution in [2.75, 3.05) is 23.9 Å². The number of pyridine rings is 1. The summed E-state index contributed by atoms with van der Waals surface area (Å²) in [5, 5.41) is 13.5. The van der Waals surface area contributed by atoms with Crippen molar-refractivity contribution in [3.63, 3.8) is 0 Å². The van der Waals surface area contributed by atoms with E-state index in [9.17, 15) is 9.90 Å². The molecular formula is C29H29N5O2S. The first-order chi connectivity index (χ1) is 17.8. The van der Waals surface area contributed by atoms with Crippen molar-refractivity contribution in [2.45, 2.75) is 25.9 Å². The maximum absolute atomic E-state index is 11.4. The summed E-state index contributed by atoms with van der Waals surface area (Å²) >= 11 is 5.89. The van der Waals surface area contributed by atoms with Crippen LogP contribution in [0.5, 0.6) is 0 Å². The number of nitrogens with one attached hydrogen (secondary N) is 1. The van der Waals surface area contributed by atoms with E-state index in [2.05, 4.69) is 68.8 Å². The average molecular weight is 512 g/mol. The van der Waals surface area contributed by atoms with E-state index in [1.54, 1.807) is 18.3 Å². The van der Waals surface area contributed by atoms with Crippen molar-refractivity contribution in [3.05, 3.63) is 107 Å². The number of aromatic nitrogens is 2. The first-order valence-corrected chi connectivity index (χ1v) is 12.5. The fourth-order valence-electron chi connectivity index (χ4n) is 5.10. The number of carboxylic acid groups (broad SMARTS) is 1. The fraction of sp³-hybridized carbons (Fsp3) is 0.207. The summed E-state index contributed by atoms with van der Waals surface area (Å²) in [5.74, 6) is -0.937. The van der Waals surface area contributed by atoms with E-state index < -0.39 is 5.97 Å². The molecule has 2 atom stereocenters. The molecule has 2 aromatic heterocycles. The lowest BCUT2D eigenvalue weighted by Gasteiger charge is -2.28. The zero-order valence-corrected chi connectivity index (χ0v) is 22.0. The minimum Gasteiger partial charge on any atom is -0.478 e. The van der Waals surface area contributed by atoms with Crippen LogP contribution in [-0.4, -0.2) is 39.8 Å². The lowest BCUT2D eigenvalue weighted by atomic mass is 9.96. The molecule has 37 heavy (non-hydrogen) atoms. The van der Waals surface area contributed by atoms with E-state index in [0.29, 0.717) is 5.11 Å². The maximum Gasteiger partial charge on any atom is 0.335 e. The van der Waals surface area contributed by atoms with Crippen molar-refractivity contribution in [3.8, 4) is 5.69 Å². The Labute approximate surface area is 222 Å². The van der Waals surface area contributed by atoms with Gasteiger partial charge in [-0.3, -0.25) is 4.98 Å². The molecule has 2 aromatic carbocycles. The van der Waals surface area contributed by atoms with Gasteiger partial charge in [0.1, 0.15) is 0 Å². The second-order valence-electron chi connectivity index (χ2n) is 9.42. The monoisotopic (exact) mass is 511 g/mol. The van der Waals surface area contributed by atoms with Gasteiger partial charge in [-0.05, 0) is 98.4 Å². The van der Waals surface area contributed by atoms with Gasteiger partial charge in [0.2, 0.25) is 0 Å². The molecule has 188 valence electrons. The summed E-state index contributed by atoms with van der Waals surface area (Å²) in [6.07, 6.45) is 1.80. The molecule has 1 fully saturated rings. The molecule has 0 unspecified atom stereocenters. The normalized spacial score (nSPS) is 17.1. The number of nitrogens with zero attached hydrogens (tertiary/aromatic N) is 4. The van der Waals surface area contributed by atoms with Gasteiger partial charge in [0.15, 0.2) is 5.11 Å². The summed E-state index contributed by atoms with van der Waals surface area (Å²) in [4.78, 5) is 20.3. The second kappa shape index (κ2) is 9.71. The zero-order chi connectivity index (χ0) is 26.3. The number of anilines is 2. The number of hydrogen-bond acceptors (Lipinski definition) is 4. The highest BCUT2D eigenvalue weighted by atomic mass is 32.1. The van der Waals surface area contributed by atoms with Gasteiger partial charge in [-0.2, -0.15) is 0 Å². The smallest absolute Gasteiger partial charge is 0.335 e. The van der Waals surface area contributed by atoms with Crippen molar-refractivity contribution >= 4 is 34.7 Å². The highest BCUT2D eigenvalue weighted by molar-refractivity contribution is 7.80. The number of thiocarbonyl (C=S) groups is 1. The molecule has 4 aromatic rings. The van der Waals surface area contributed by atoms with Gasteiger partial charge in [0.25, 0.3) is 0 Å². The Morgan fingerprint density at radius 1 is 1.00 bits per heavy atom. The van der Waals surface area contributed by atoms with Gasteiger partial charge in [0.05, 0.1) is 23.3 Å². The number of rotatable bonds is 6. The Kier molecular flexibility index (Phi) is 6.43. The van der Waals surface area contributed by atoms with Crippen LogP contribution >= 0.6 is 12.2 Å². The van der Waals surface area contributed by atoms with E-state index in [1.165, 1.54) is 0 Å². The van der Waals surface area contributed by atoms with Gasteiger partial charge in [0, 0.05) is 48.7 Å². The molecule has 7 nitrogen and oxygen atoms in total. The zero-order valence-electron chi connectivity index (χ0n) is 21.2. The Hall–Kier alpha value is -4.17. The molecule has 1 aliphatic rings. The Morgan fingerprint density at radius 2 is 1.68 bits per heavy atom. The lowest BCUT2D eigenvalue weighted by Crippen LogP contribution is -2.29. The lowest BCUT2D eigenvalue weighted by molar-refractivity contribution is 0.0697. The standard InChI is InChI=1S/C29H29N5O2S/c1-18-17-24(19(2)33(18)22-10-8-20(9-11-22)28(35)36)27-26(25-7-5-6-16-30-25)31-29(37)34(27)23-14-12-21(13-15-23)32(3)4/h5-17,26-27H,1-4H3,(H,31,37)(H,35,36)/t26-,27+/m0/s1. The van der Waals surface area contributed by atoms with Gasteiger partial charge in [-0.15, -0.1) is 0 Å². The van der Waals surface area contributed by atoms with Crippen LogP contribution in [0.1, 0.15) is 45.1 Å². The summed E-state index contributed by atoms with van der Waals surface area (Å²) in [5.41, 5.74) is 7.45. The van der Waals surface area contributed by atoms with E-state index in [-0.39, 0.29) is 17.6 Å². The molecule has 0 amide bonds. The van der Waals surface area contributed by atoms with Crippen molar-refractivity contribution < 1.29 is 9.90 Å². The Morgan fingerprint density at radius 3 is 2.27 bits per heavy atom. The molecule has 8 heteroatoms. The third kappa shape index (κ3) is 4.44. The molecule has 0 radical (unpaired) electrons. The first-order valence-electron chi connectivity index (χ1n) is 12.1. The molecular weight excluding hydrogens is 482 g/mol. The van der Waals surface area contributed by atoms with Crippen molar-refractivity contribution in [1.82, 2.24) is 14.9 Å². The van der Waals surface area contributed by atoms with Crippen LogP contribution in [0, 0.1) is 13.8 Å². The van der Waals surface area contributed by atoms with Crippen LogP contribution in [0.4, 0.5) is 11.4 Å². The minimum absolute atomic E-state index is 0.133. The minimum atomic E-state index is -0.937. The van der Waals surface area contributed by atoms with E-state index in [1.807, 2.05) is 44.4 Å². The number of carboxylic acids is 1. The number of hydrogen-bond donors (Lipinski definition) is 2. The van der Waals surface area contributed by atoms with Gasteiger partial charge >= 0.3 is 5.97 Å². The number of carbonyl (C=O) groups is 1. The molecule has 0 spiro atoms. The van der Waals surface area contributed by atoms with Gasteiger partial charge in [-0.25, -0.2) is 4.79 Å². The molecule has 2 N–H and O–H groups in total. The second-order valence-corrected chi connectivity index (χ2v) is 9.81. The molecule has 0 aliphatic carbocycles. The van der Waals surface area contributed by atoms with E-state index >= 15 is 0 Å². The maximum atomic E-state index is 11.4. The van der Waals surface area contributed by atoms with E-state index in [0.717, 1.165) is 39.7 Å². The summed E-state index contributed by atoms with van der Waals surface area (Å²) in [7, 11) is 4.05. The van der Waals surface area contributed by atoms with Crippen LogP contribution in [0.15, 0.2) is 79.0 Å². The number of aryl methyl sites for hydroxylation is 1. The van der Waals surface area contributed by atoms with Gasteiger partial charge in [-0.1, -0.05) is 6.07 Å². The number of benzene rings is 2. The van der Waals surface area contributed by atoms with Crippen LogP contribution in [0.3, 0.4) is 0 Å². The topological polar surface area (TPSA) is 73.6 Å². The predicted molar refractivity (Wildman–Crippen MR) is 151 cm³/mol. The highest BCUT2D eigenvalue weighted by Crippen LogP contribution is 2.44. The Bertz CT molecular complexity index is 1450. The molecule has 5 rings (SSSR count). The highest BCUT2D eigenvalue weighted by Gasteiger charge is 2.42. The first kappa shape index (κ1) is 24.5. The van der Waals surface area contributed by atoms with Crippen LogP contribution in [0.2, 0.25) is 0 Å². The van der Waals surface area contributed by atoms with E-state index in [4.69, 9.17) is 12.2 Å². The summed E-state index contributed by atoms with van der Waals surface area (Å²) in [6, 6.07) is 23.2. The number of aromatic carboxylic acids is 1. The SMILES string of the molecule is Cc1cc([C@@H]2[C@H](c3ccccn3)NC(=S)N2c2ccc(N(C)C)cc2)c(C)n1-c1ccc(C(=O)O)cc1. The average Bonchev–Trinajstić information content (AvgIpc) is 3.39. The molecule has 1 saturated heterocycles. The third-order valence-electron chi connectivity index (χ3n) is 6.90. The molecule has 0 saturated carbocycles. The van der Waals surface area contributed by atoms with Gasteiger partial charge < -0.3 is 24.8 Å². The third-order valence-corrected chi connectivity index (χ3v) is 7.22. The Balaban J connectivity index is 1.63. The largest absolute Gasteiger partial charge is 0.478 e. The van der Waals surface area contributed by atoms with Crippen LogP contribution in [-0.2, 0) is 0 Å². The predicted octanol–water partition coefficient (Wildman–Crippen LogP) is 5.43.